The zero-order chi connectivity index (χ0) is 14.6. The van der Waals surface area contributed by atoms with Crippen molar-refractivity contribution in [1.82, 2.24) is 5.32 Å². The molecule has 0 spiro atoms. The maximum absolute atomic E-state index is 12.1. The third-order valence-electron chi connectivity index (χ3n) is 2.63. The number of rotatable bonds is 5. The first-order valence-corrected chi connectivity index (χ1v) is 6.11. The van der Waals surface area contributed by atoms with Crippen molar-refractivity contribution in [3.63, 3.8) is 0 Å². The van der Waals surface area contributed by atoms with Gasteiger partial charge in [0, 0.05) is 5.02 Å². The lowest BCUT2D eigenvalue weighted by molar-refractivity contribution is -0.140. The average molecular weight is 286 g/mol. The summed E-state index contributed by atoms with van der Waals surface area (Å²) in [6.45, 7) is 3.44. The number of nitrogens with one attached hydrogen (secondary N) is 1. The van der Waals surface area contributed by atoms with Crippen LogP contribution >= 0.6 is 11.6 Å². The summed E-state index contributed by atoms with van der Waals surface area (Å²) in [5.74, 6) is -1.50. The van der Waals surface area contributed by atoms with E-state index in [2.05, 4.69) is 5.32 Å². The number of aliphatic carboxylic acids is 1. The topological polar surface area (TPSA) is 75.6 Å². The van der Waals surface area contributed by atoms with Gasteiger partial charge >= 0.3 is 5.97 Å². The Labute approximate surface area is 116 Å². The SMILES string of the molecule is COc1cc(Cl)ccc1C(=O)N[C@H](C(=O)O)C(C)C. The molecule has 0 fully saturated rings. The van der Waals surface area contributed by atoms with E-state index >= 15 is 0 Å². The standard InChI is InChI=1S/C13H16ClNO4/c1-7(2)11(13(17)18)15-12(16)9-5-4-8(14)6-10(9)19-3/h4-7,11H,1-3H3,(H,15,16)(H,17,18)/t11-/m0/s1. The van der Waals surface area contributed by atoms with Crippen LogP contribution < -0.4 is 10.1 Å². The first-order valence-electron chi connectivity index (χ1n) is 5.74. The normalized spacial score (nSPS) is 12.1. The maximum Gasteiger partial charge on any atom is 0.326 e. The van der Waals surface area contributed by atoms with Gasteiger partial charge in [-0.2, -0.15) is 0 Å². The summed E-state index contributed by atoms with van der Waals surface area (Å²) in [7, 11) is 1.42. The number of carboxylic acid groups (broad SMARTS) is 1. The molecule has 5 nitrogen and oxygen atoms in total. The highest BCUT2D eigenvalue weighted by molar-refractivity contribution is 6.30. The fourth-order valence-electron chi connectivity index (χ4n) is 1.59. The quantitative estimate of drug-likeness (QED) is 0.869. The highest BCUT2D eigenvalue weighted by Gasteiger charge is 2.25. The van der Waals surface area contributed by atoms with E-state index in [0.29, 0.717) is 10.8 Å². The Bertz CT molecular complexity index is 488. The van der Waals surface area contributed by atoms with Gasteiger partial charge in [-0.25, -0.2) is 4.79 Å². The smallest absolute Gasteiger partial charge is 0.326 e. The second-order valence-corrected chi connectivity index (χ2v) is 4.81. The predicted molar refractivity (Wildman–Crippen MR) is 71.7 cm³/mol. The van der Waals surface area contributed by atoms with Crippen LogP contribution in [0.15, 0.2) is 18.2 Å². The Morgan fingerprint density at radius 2 is 2.00 bits per heavy atom. The van der Waals surface area contributed by atoms with Crippen molar-refractivity contribution >= 4 is 23.5 Å². The Morgan fingerprint density at radius 1 is 1.37 bits per heavy atom. The second-order valence-electron chi connectivity index (χ2n) is 4.38. The van der Waals surface area contributed by atoms with Gasteiger partial charge in [-0.05, 0) is 24.1 Å². The molecule has 0 unspecified atom stereocenters. The molecule has 19 heavy (non-hydrogen) atoms. The molecule has 1 aromatic rings. The summed E-state index contributed by atoms with van der Waals surface area (Å²) in [5.41, 5.74) is 0.249. The molecule has 104 valence electrons. The lowest BCUT2D eigenvalue weighted by Gasteiger charge is -2.18. The van der Waals surface area contributed by atoms with Crippen molar-refractivity contribution in [3.8, 4) is 5.75 Å². The molecule has 0 aliphatic carbocycles. The van der Waals surface area contributed by atoms with Crippen LogP contribution in [0.5, 0.6) is 5.75 Å². The molecule has 1 aromatic carbocycles. The summed E-state index contributed by atoms with van der Waals surface area (Å²) in [4.78, 5) is 23.1. The molecule has 0 aliphatic heterocycles. The summed E-state index contributed by atoms with van der Waals surface area (Å²) in [6, 6.07) is 3.59. The second kappa shape index (κ2) is 6.43. The van der Waals surface area contributed by atoms with Gasteiger partial charge in [0.25, 0.3) is 5.91 Å². The molecule has 0 saturated heterocycles. The molecule has 0 aromatic heterocycles. The van der Waals surface area contributed by atoms with E-state index in [-0.39, 0.29) is 11.5 Å². The van der Waals surface area contributed by atoms with Crippen molar-refractivity contribution in [3.05, 3.63) is 28.8 Å². The van der Waals surface area contributed by atoms with E-state index in [1.807, 2.05) is 0 Å². The molecule has 1 amide bonds. The van der Waals surface area contributed by atoms with Crippen molar-refractivity contribution in [2.45, 2.75) is 19.9 Å². The van der Waals surface area contributed by atoms with E-state index in [1.54, 1.807) is 19.9 Å². The lowest BCUT2D eigenvalue weighted by atomic mass is 10.0. The molecule has 0 bridgehead atoms. The molecule has 2 N–H and O–H groups in total. The number of hydrogen-bond donors (Lipinski definition) is 2. The zero-order valence-corrected chi connectivity index (χ0v) is 11.7. The van der Waals surface area contributed by atoms with Crippen LogP contribution in [0.3, 0.4) is 0 Å². The molecule has 1 rings (SSSR count). The summed E-state index contributed by atoms with van der Waals surface area (Å²) < 4.78 is 5.06. The van der Waals surface area contributed by atoms with Gasteiger partial charge in [-0.3, -0.25) is 4.79 Å². The molecular formula is C13H16ClNO4. The van der Waals surface area contributed by atoms with E-state index in [9.17, 15) is 9.59 Å². The van der Waals surface area contributed by atoms with E-state index in [4.69, 9.17) is 21.4 Å². The first-order chi connectivity index (χ1) is 8.86. The van der Waals surface area contributed by atoms with Crippen molar-refractivity contribution in [2.24, 2.45) is 5.92 Å². The number of carbonyl (C=O) groups excluding carboxylic acids is 1. The molecule has 1 atom stereocenters. The van der Waals surface area contributed by atoms with Gasteiger partial charge in [0.05, 0.1) is 12.7 Å². The molecule has 0 radical (unpaired) electrons. The Kier molecular flexibility index (Phi) is 5.18. The fraction of sp³-hybridized carbons (Fsp3) is 0.385. The lowest BCUT2D eigenvalue weighted by Crippen LogP contribution is -2.44. The number of methoxy groups -OCH3 is 1. The van der Waals surface area contributed by atoms with E-state index in [0.717, 1.165) is 0 Å². The van der Waals surface area contributed by atoms with Crippen LogP contribution in [0.4, 0.5) is 0 Å². The Morgan fingerprint density at radius 3 is 2.47 bits per heavy atom. The minimum Gasteiger partial charge on any atom is -0.496 e. The monoisotopic (exact) mass is 285 g/mol. The molecule has 0 aliphatic rings. The van der Waals surface area contributed by atoms with Crippen LogP contribution in [0.25, 0.3) is 0 Å². The van der Waals surface area contributed by atoms with Crippen molar-refractivity contribution < 1.29 is 19.4 Å². The number of benzene rings is 1. The summed E-state index contributed by atoms with van der Waals surface area (Å²) in [5, 5.41) is 11.9. The zero-order valence-electron chi connectivity index (χ0n) is 10.9. The maximum atomic E-state index is 12.1. The first kappa shape index (κ1) is 15.3. The van der Waals surface area contributed by atoms with Crippen LogP contribution in [0, 0.1) is 5.92 Å². The molecule has 0 saturated carbocycles. The number of ether oxygens (including phenoxy) is 1. The minimum absolute atomic E-state index is 0.222. The molecule has 6 heteroatoms. The number of amides is 1. The van der Waals surface area contributed by atoms with Gasteiger partial charge < -0.3 is 15.2 Å². The van der Waals surface area contributed by atoms with Crippen LogP contribution in [0.2, 0.25) is 5.02 Å². The van der Waals surface area contributed by atoms with Crippen LogP contribution in [-0.2, 0) is 4.79 Å². The largest absolute Gasteiger partial charge is 0.496 e. The van der Waals surface area contributed by atoms with E-state index in [1.165, 1.54) is 19.2 Å². The fourth-order valence-corrected chi connectivity index (χ4v) is 1.75. The van der Waals surface area contributed by atoms with Crippen LogP contribution in [0.1, 0.15) is 24.2 Å². The Balaban J connectivity index is 2.97. The van der Waals surface area contributed by atoms with Crippen molar-refractivity contribution in [1.29, 1.82) is 0 Å². The number of hydrogen-bond acceptors (Lipinski definition) is 3. The Hall–Kier alpha value is -1.75. The van der Waals surface area contributed by atoms with Gasteiger partial charge in [-0.15, -0.1) is 0 Å². The summed E-state index contributed by atoms with van der Waals surface area (Å²) >= 11 is 5.80. The number of halogens is 1. The van der Waals surface area contributed by atoms with Gasteiger partial charge in [-0.1, -0.05) is 25.4 Å². The highest BCUT2D eigenvalue weighted by Crippen LogP contribution is 2.23. The number of carbonyl (C=O) groups is 2. The van der Waals surface area contributed by atoms with E-state index < -0.39 is 17.9 Å². The van der Waals surface area contributed by atoms with Gasteiger partial charge in [0.15, 0.2) is 0 Å². The third kappa shape index (κ3) is 3.86. The number of carboxylic acids is 1. The molecule has 0 heterocycles. The highest BCUT2D eigenvalue weighted by atomic mass is 35.5. The van der Waals surface area contributed by atoms with Crippen LogP contribution in [-0.4, -0.2) is 30.1 Å². The summed E-state index contributed by atoms with van der Waals surface area (Å²) in [6.07, 6.45) is 0. The third-order valence-corrected chi connectivity index (χ3v) is 2.86. The van der Waals surface area contributed by atoms with Gasteiger partial charge in [0.2, 0.25) is 0 Å². The molecular weight excluding hydrogens is 270 g/mol. The minimum atomic E-state index is -1.07. The average Bonchev–Trinajstić information content (AvgIpc) is 2.34. The predicted octanol–water partition coefficient (Wildman–Crippen LogP) is 2.19. The van der Waals surface area contributed by atoms with Gasteiger partial charge in [0.1, 0.15) is 11.8 Å². The van der Waals surface area contributed by atoms with Crippen molar-refractivity contribution in [2.75, 3.05) is 7.11 Å².